The Balaban J connectivity index is 1.50. The number of phenols is 1. The summed E-state index contributed by atoms with van der Waals surface area (Å²) in [6.07, 6.45) is -5.94. The van der Waals surface area contributed by atoms with Crippen molar-refractivity contribution in [1.29, 1.82) is 0 Å². The number of carbonyl (C=O) groups is 3. The number of benzene rings is 3. The van der Waals surface area contributed by atoms with Gasteiger partial charge in [0.15, 0.2) is 6.10 Å². The van der Waals surface area contributed by atoms with Gasteiger partial charge in [-0.05, 0) is 61.6 Å². The van der Waals surface area contributed by atoms with E-state index >= 15 is 0 Å². The maximum Gasteiger partial charge on any atom is 0.416 e. The van der Waals surface area contributed by atoms with E-state index in [0.29, 0.717) is 23.6 Å². The second kappa shape index (κ2) is 13.2. The Morgan fingerprint density at radius 1 is 1.05 bits per heavy atom. The molecule has 1 fully saturated rings. The SMILES string of the molecule is Cc1c(O)cccc1C(=O)N[C@@H](Cc1ccccc1)[C@H](O)C(=O)N1CCC[C@H]1C(=O)NCc1ccc(F)cc1C(F)(F)F. The van der Waals surface area contributed by atoms with Crippen LogP contribution in [0.3, 0.4) is 0 Å². The number of rotatable bonds is 9. The number of likely N-dealkylation sites (tertiary alicyclic amines) is 1. The lowest BCUT2D eigenvalue weighted by Crippen LogP contribution is -2.55. The van der Waals surface area contributed by atoms with Crippen molar-refractivity contribution in [3.8, 4) is 5.75 Å². The molecule has 1 aliphatic heterocycles. The molecule has 0 radical (unpaired) electrons. The largest absolute Gasteiger partial charge is 0.508 e. The summed E-state index contributed by atoms with van der Waals surface area (Å²) in [5.74, 6) is -3.35. The van der Waals surface area contributed by atoms with Gasteiger partial charge in [-0.15, -0.1) is 0 Å². The van der Waals surface area contributed by atoms with Gasteiger partial charge in [-0.25, -0.2) is 4.39 Å². The molecule has 0 bridgehead atoms. The summed E-state index contributed by atoms with van der Waals surface area (Å²) >= 11 is 0. The van der Waals surface area contributed by atoms with Crippen molar-refractivity contribution in [2.75, 3.05) is 6.54 Å². The zero-order valence-corrected chi connectivity index (χ0v) is 23.2. The minimum atomic E-state index is -4.84. The van der Waals surface area contributed by atoms with Crippen molar-refractivity contribution in [2.45, 2.75) is 57.1 Å². The second-order valence-electron chi connectivity index (χ2n) is 10.4. The summed E-state index contributed by atoms with van der Waals surface area (Å²) in [5.41, 5.74) is -0.390. The van der Waals surface area contributed by atoms with Crippen LogP contribution in [-0.4, -0.2) is 57.6 Å². The zero-order valence-electron chi connectivity index (χ0n) is 23.2. The number of nitrogens with one attached hydrogen (secondary N) is 2. The number of aliphatic hydroxyl groups excluding tert-OH is 1. The molecule has 0 saturated carbocycles. The molecule has 0 unspecified atom stereocenters. The minimum absolute atomic E-state index is 0.0623. The predicted molar refractivity (Wildman–Crippen MR) is 148 cm³/mol. The first-order valence-electron chi connectivity index (χ1n) is 13.6. The van der Waals surface area contributed by atoms with Gasteiger partial charge in [-0.3, -0.25) is 14.4 Å². The highest BCUT2D eigenvalue weighted by atomic mass is 19.4. The van der Waals surface area contributed by atoms with Gasteiger partial charge in [0, 0.05) is 24.2 Å². The number of aromatic hydroxyl groups is 1. The Morgan fingerprint density at radius 3 is 2.47 bits per heavy atom. The predicted octanol–water partition coefficient (Wildman–Crippen LogP) is 3.87. The van der Waals surface area contributed by atoms with Crippen LogP contribution in [0.5, 0.6) is 5.75 Å². The Kier molecular flexibility index (Phi) is 9.70. The summed E-state index contributed by atoms with van der Waals surface area (Å²) in [6, 6.07) is 13.2. The Bertz CT molecular complexity index is 1480. The quantitative estimate of drug-likeness (QED) is 0.278. The maximum atomic E-state index is 13.5. The molecule has 228 valence electrons. The van der Waals surface area contributed by atoms with Crippen molar-refractivity contribution in [3.05, 3.63) is 100 Å². The van der Waals surface area contributed by atoms with E-state index in [2.05, 4.69) is 10.6 Å². The van der Waals surface area contributed by atoms with Crippen molar-refractivity contribution >= 4 is 17.7 Å². The van der Waals surface area contributed by atoms with Crippen molar-refractivity contribution in [2.24, 2.45) is 0 Å². The molecule has 3 aromatic carbocycles. The van der Waals surface area contributed by atoms with Gasteiger partial charge in [-0.2, -0.15) is 13.2 Å². The van der Waals surface area contributed by atoms with E-state index < -0.39 is 60.0 Å². The van der Waals surface area contributed by atoms with Crippen molar-refractivity contribution in [1.82, 2.24) is 15.5 Å². The van der Waals surface area contributed by atoms with Gasteiger partial charge in [0.25, 0.3) is 11.8 Å². The standard InChI is InChI=1S/C31H31F4N3O5/c1-18-22(9-5-11-26(18)39)28(41)37-24(15-19-7-3-2-4-8-19)27(40)30(43)38-14-6-10-25(38)29(42)36-17-20-12-13-21(32)16-23(20)31(33,34)35/h2-5,7-9,11-13,16,24-25,27,39-40H,6,10,14-15,17H2,1H3,(H,36,42)(H,37,41)/t24-,25-,27-/m0/s1. The van der Waals surface area contributed by atoms with Crippen molar-refractivity contribution in [3.63, 3.8) is 0 Å². The van der Waals surface area contributed by atoms with Crippen molar-refractivity contribution < 1.29 is 42.2 Å². The van der Waals surface area contributed by atoms with Crippen LogP contribution in [0.2, 0.25) is 0 Å². The molecule has 8 nitrogen and oxygen atoms in total. The van der Waals surface area contributed by atoms with E-state index in [1.165, 1.54) is 18.2 Å². The van der Waals surface area contributed by atoms with E-state index in [9.17, 15) is 42.2 Å². The summed E-state index contributed by atoms with van der Waals surface area (Å²) in [7, 11) is 0. The maximum absolute atomic E-state index is 13.5. The van der Waals surface area contributed by atoms with Gasteiger partial charge >= 0.3 is 6.18 Å². The van der Waals surface area contributed by atoms with Gasteiger partial charge in [0.2, 0.25) is 5.91 Å². The van der Waals surface area contributed by atoms with Crippen LogP contribution < -0.4 is 10.6 Å². The lowest BCUT2D eigenvalue weighted by molar-refractivity contribution is -0.146. The summed E-state index contributed by atoms with van der Waals surface area (Å²) < 4.78 is 53.6. The molecular formula is C31H31F4N3O5. The molecule has 3 aromatic rings. The number of alkyl halides is 3. The summed E-state index contributed by atoms with van der Waals surface area (Å²) in [6.45, 7) is 1.11. The molecule has 12 heteroatoms. The highest BCUT2D eigenvalue weighted by molar-refractivity contribution is 5.97. The summed E-state index contributed by atoms with van der Waals surface area (Å²) in [5, 5.41) is 26.3. The average molecular weight is 602 g/mol. The molecule has 1 saturated heterocycles. The number of hydrogen-bond acceptors (Lipinski definition) is 5. The monoisotopic (exact) mass is 601 g/mol. The third-order valence-electron chi connectivity index (χ3n) is 7.47. The fourth-order valence-electron chi connectivity index (χ4n) is 5.14. The van der Waals surface area contributed by atoms with Gasteiger partial charge < -0.3 is 25.7 Å². The first-order chi connectivity index (χ1) is 20.4. The third kappa shape index (κ3) is 7.50. The Hall–Kier alpha value is -4.45. The molecule has 0 aliphatic carbocycles. The minimum Gasteiger partial charge on any atom is -0.508 e. The topological polar surface area (TPSA) is 119 Å². The van der Waals surface area contributed by atoms with Gasteiger partial charge in [0.1, 0.15) is 17.6 Å². The third-order valence-corrected chi connectivity index (χ3v) is 7.47. The molecule has 0 spiro atoms. The van der Waals surface area contributed by atoms with E-state index in [0.717, 1.165) is 17.0 Å². The zero-order chi connectivity index (χ0) is 31.3. The first kappa shape index (κ1) is 31.5. The van der Waals surface area contributed by atoms with Crippen LogP contribution >= 0.6 is 0 Å². The van der Waals surface area contributed by atoms with Crippen LogP contribution in [0.15, 0.2) is 66.7 Å². The fourth-order valence-corrected chi connectivity index (χ4v) is 5.14. The van der Waals surface area contributed by atoms with E-state index in [1.54, 1.807) is 37.3 Å². The number of halogens is 4. The molecule has 3 atom stereocenters. The number of carbonyl (C=O) groups excluding carboxylic acids is 3. The molecule has 4 rings (SSSR count). The van der Waals surface area contributed by atoms with Crippen LogP contribution in [0.4, 0.5) is 17.6 Å². The molecule has 1 heterocycles. The number of nitrogens with zero attached hydrogens (tertiary/aromatic N) is 1. The number of hydrogen-bond donors (Lipinski definition) is 4. The smallest absolute Gasteiger partial charge is 0.416 e. The van der Waals surface area contributed by atoms with Gasteiger partial charge in [0.05, 0.1) is 11.6 Å². The lowest BCUT2D eigenvalue weighted by Gasteiger charge is -2.30. The number of aliphatic hydroxyl groups is 1. The highest BCUT2D eigenvalue weighted by Crippen LogP contribution is 2.32. The van der Waals surface area contributed by atoms with E-state index in [-0.39, 0.29) is 36.3 Å². The number of amides is 3. The van der Waals surface area contributed by atoms with Crippen LogP contribution in [0.25, 0.3) is 0 Å². The Morgan fingerprint density at radius 2 is 1.77 bits per heavy atom. The van der Waals surface area contributed by atoms with Crippen LogP contribution in [0.1, 0.15) is 45.5 Å². The van der Waals surface area contributed by atoms with Gasteiger partial charge in [-0.1, -0.05) is 42.5 Å². The fraction of sp³-hybridized carbons (Fsp3) is 0.323. The summed E-state index contributed by atoms with van der Waals surface area (Å²) in [4.78, 5) is 40.9. The Labute approximate surface area is 245 Å². The lowest BCUT2D eigenvalue weighted by atomic mass is 9.98. The van der Waals surface area contributed by atoms with Crippen LogP contribution in [-0.2, 0) is 28.7 Å². The van der Waals surface area contributed by atoms with E-state index in [1.807, 2.05) is 0 Å². The highest BCUT2D eigenvalue weighted by Gasteiger charge is 2.40. The first-order valence-corrected chi connectivity index (χ1v) is 13.6. The second-order valence-corrected chi connectivity index (χ2v) is 10.4. The van der Waals surface area contributed by atoms with Crippen LogP contribution in [0, 0.1) is 12.7 Å². The molecule has 4 N–H and O–H groups in total. The molecule has 0 aromatic heterocycles. The molecule has 1 aliphatic rings. The molecule has 43 heavy (non-hydrogen) atoms. The molecular weight excluding hydrogens is 570 g/mol. The number of phenolic OH excluding ortho intramolecular Hbond substituents is 1. The molecule has 3 amide bonds. The average Bonchev–Trinajstić information content (AvgIpc) is 3.47. The normalized spacial score (nSPS) is 16.4. The van der Waals surface area contributed by atoms with E-state index in [4.69, 9.17) is 0 Å².